The molecule has 1 fully saturated rings. The van der Waals surface area contributed by atoms with Crippen LogP contribution < -0.4 is 16.0 Å². The monoisotopic (exact) mass is 381 g/mol. The average Bonchev–Trinajstić information content (AvgIpc) is 3.22. The number of anilines is 1. The van der Waals surface area contributed by atoms with E-state index in [0.29, 0.717) is 24.3 Å². The van der Waals surface area contributed by atoms with Crippen molar-refractivity contribution in [3.63, 3.8) is 0 Å². The largest absolute Gasteiger partial charge is 0.377 e. The van der Waals surface area contributed by atoms with E-state index in [2.05, 4.69) is 16.0 Å². The normalized spacial score (nSPS) is 15.9. The fourth-order valence-electron chi connectivity index (χ4n) is 3.20. The maximum absolute atomic E-state index is 12.5. The van der Waals surface area contributed by atoms with Crippen LogP contribution in [0.4, 0.5) is 5.69 Å². The minimum Gasteiger partial charge on any atom is -0.377 e. The SMILES string of the molecule is O=C(CNCC1CCCO1)Nc1ccccc1C(=O)NCCc1ccccc1. The maximum atomic E-state index is 12.5. The molecule has 28 heavy (non-hydrogen) atoms. The maximum Gasteiger partial charge on any atom is 0.253 e. The summed E-state index contributed by atoms with van der Waals surface area (Å²) in [6.45, 7) is 2.18. The van der Waals surface area contributed by atoms with Crippen molar-refractivity contribution in [2.45, 2.75) is 25.4 Å². The molecule has 3 rings (SSSR count). The smallest absolute Gasteiger partial charge is 0.253 e. The van der Waals surface area contributed by atoms with Crippen molar-refractivity contribution in [1.29, 1.82) is 0 Å². The molecule has 0 radical (unpaired) electrons. The van der Waals surface area contributed by atoms with Gasteiger partial charge in [-0.15, -0.1) is 0 Å². The molecule has 0 bridgehead atoms. The van der Waals surface area contributed by atoms with Crippen LogP contribution in [-0.2, 0) is 16.0 Å². The van der Waals surface area contributed by atoms with E-state index in [1.165, 1.54) is 5.56 Å². The molecule has 148 valence electrons. The Morgan fingerprint density at radius 2 is 1.82 bits per heavy atom. The molecule has 0 spiro atoms. The molecule has 1 saturated heterocycles. The number of carbonyl (C=O) groups is 2. The number of benzene rings is 2. The molecule has 3 N–H and O–H groups in total. The number of hydrogen-bond acceptors (Lipinski definition) is 4. The van der Waals surface area contributed by atoms with E-state index < -0.39 is 0 Å². The molecule has 2 aromatic rings. The number of rotatable bonds is 9. The summed E-state index contributed by atoms with van der Waals surface area (Å²) in [5.74, 6) is -0.373. The number of carbonyl (C=O) groups excluding carboxylic acids is 2. The van der Waals surface area contributed by atoms with E-state index in [1.807, 2.05) is 30.3 Å². The summed E-state index contributed by atoms with van der Waals surface area (Å²) in [7, 11) is 0. The Kier molecular flexibility index (Phi) is 7.58. The Labute approximate surface area is 165 Å². The third kappa shape index (κ3) is 6.18. The predicted octanol–water partition coefficient (Wildman–Crippen LogP) is 2.37. The molecule has 0 saturated carbocycles. The lowest BCUT2D eigenvalue weighted by Crippen LogP contribution is -2.34. The summed E-state index contributed by atoms with van der Waals surface area (Å²) in [5.41, 5.74) is 2.15. The average molecular weight is 381 g/mol. The quantitative estimate of drug-likeness (QED) is 0.623. The first-order valence-corrected chi connectivity index (χ1v) is 9.75. The van der Waals surface area contributed by atoms with Gasteiger partial charge in [-0.2, -0.15) is 0 Å². The highest BCUT2D eigenvalue weighted by Gasteiger charge is 2.16. The molecule has 0 aromatic heterocycles. The summed E-state index contributed by atoms with van der Waals surface area (Å²) in [6, 6.07) is 17.0. The van der Waals surface area contributed by atoms with Crippen LogP contribution in [0.2, 0.25) is 0 Å². The first kappa shape index (κ1) is 20.0. The Morgan fingerprint density at radius 1 is 1.04 bits per heavy atom. The Morgan fingerprint density at radius 3 is 2.61 bits per heavy atom. The molecule has 1 heterocycles. The van der Waals surface area contributed by atoms with Crippen molar-refractivity contribution < 1.29 is 14.3 Å². The zero-order chi connectivity index (χ0) is 19.6. The van der Waals surface area contributed by atoms with Crippen LogP contribution in [0.1, 0.15) is 28.8 Å². The van der Waals surface area contributed by atoms with Crippen molar-refractivity contribution in [3.05, 3.63) is 65.7 Å². The molecular formula is C22H27N3O3. The topological polar surface area (TPSA) is 79.5 Å². The van der Waals surface area contributed by atoms with Gasteiger partial charge < -0.3 is 20.7 Å². The molecule has 2 aromatic carbocycles. The van der Waals surface area contributed by atoms with Gasteiger partial charge in [-0.3, -0.25) is 9.59 Å². The van der Waals surface area contributed by atoms with Crippen molar-refractivity contribution in [2.75, 3.05) is 31.6 Å². The summed E-state index contributed by atoms with van der Waals surface area (Å²) in [5, 5.41) is 8.85. The highest BCUT2D eigenvalue weighted by Crippen LogP contribution is 2.15. The minimum absolute atomic E-state index is 0.178. The molecule has 1 aliphatic heterocycles. The van der Waals surface area contributed by atoms with E-state index in [0.717, 1.165) is 25.9 Å². The van der Waals surface area contributed by atoms with Gasteiger partial charge in [-0.25, -0.2) is 0 Å². The van der Waals surface area contributed by atoms with Gasteiger partial charge in [-0.05, 0) is 37.0 Å². The molecule has 6 heteroatoms. The number of ether oxygens (including phenoxy) is 1. The molecule has 0 aliphatic carbocycles. The number of amides is 2. The second-order valence-electron chi connectivity index (χ2n) is 6.85. The Bertz CT molecular complexity index is 774. The Balaban J connectivity index is 1.47. The standard InChI is InChI=1S/C22H27N3O3/c26-21(16-23-15-18-9-6-14-28-18)25-20-11-5-4-10-19(20)22(27)24-13-12-17-7-2-1-3-8-17/h1-5,7-8,10-11,18,23H,6,9,12-16H2,(H,24,27)(H,25,26). The minimum atomic E-state index is -0.195. The van der Waals surface area contributed by atoms with E-state index in [1.54, 1.807) is 24.3 Å². The van der Waals surface area contributed by atoms with Gasteiger partial charge in [0.1, 0.15) is 0 Å². The zero-order valence-electron chi connectivity index (χ0n) is 15.9. The summed E-state index contributed by atoms with van der Waals surface area (Å²) < 4.78 is 5.53. The van der Waals surface area contributed by atoms with E-state index in [9.17, 15) is 9.59 Å². The van der Waals surface area contributed by atoms with Gasteiger partial charge in [0.05, 0.1) is 23.9 Å². The molecule has 6 nitrogen and oxygen atoms in total. The van der Waals surface area contributed by atoms with Crippen LogP contribution in [0.25, 0.3) is 0 Å². The van der Waals surface area contributed by atoms with Gasteiger partial charge in [0.15, 0.2) is 0 Å². The fraction of sp³-hybridized carbons (Fsp3) is 0.364. The second-order valence-corrected chi connectivity index (χ2v) is 6.85. The van der Waals surface area contributed by atoms with Crippen molar-refractivity contribution in [2.24, 2.45) is 0 Å². The first-order chi connectivity index (χ1) is 13.7. The van der Waals surface area contributed by atoms with E-state index in [-0.39, 0.29) is 24.5 Å². The molecular weight excluding hydrogens is 354 g/mol. The van der Waals surface area contributed by atoms with Crippen LogP contribution in [0.15, 0.2) is 54.6 Å². The van der Waals surface area contributed by atoms with Gasteiger partial charge in [-0.1, -0.05) is 42.5 Å². The highest BCUT2D eigenvalue weighted by atomic mass is 16.5. The van der Waals surface area contributed by atoms with E-state index >= 15 is 0 Å². The van der Waals surface area contributed by atoms with Crippen molar-refractivity contribution in [1.82, 2.24) is 10.6 Å². The van der Waals surface area contributed by atoms with Gasteiger partial charge in [0.25, 0.3) is 5.91 Å². The third-order valence-electron chi connectivity index (χ3n) is 4.67. The third-order valence-corrected chi connectivity index (χ3v) is 4.67. The summed E-state index contributed by atoms with van der Waals surface area (Å²) in [4.78, 5) is 24.7. The molecule has 1 atom stereocenters. The van der Waals surface area contributed by atoms with E-state index in [4.69, 9.17) is 4.74 Å². The van der Waals surface area contributed by atoms with Gasteiger partial charge in [0.2, 0.25) is 5.91 Å². The lowest BCUT2D eigenvalue weighted by molar-refractivity contribution is -0.115. The van der Waals surface area contributed by atoms with Crippen molar-refractivity contribution in [3.8, 4) is 0 Å². The van der Waals surface area contributed by atoms with Crippen molar-refractivity contribution >= 4 is 17.5 Å². The Hall–Kier alpha value is -2.70. The van der Waals surface area contributed by atoms with Crippen LogP contribution in [0.3, 0.4) is 0 Å². The predicted molar refractivity (Wildman–Crippen MR) is 109 cm³/mol. The summed E-state index contributed by atoms with van der Waals surface area (Å²) >= 11 is 0. The van der Waals surface area contributed by atoms with Gasteiger partial charge in [0, 0.05) is 19.7 Å². The highest BCUT2D eigenvalue weighted by molar-refractivity contribution is 6.04. The number of hydrogen-bond donors (Lipinski definition) is 3. The summed E-state index contributed by atoms with van der Waals surface area (Å²) in [6.07, 6.45) is 3.05. The van der Waals surface area contributed by atoms with Crippen LogP contribution in [-0.4, -0.2) is 44.2 Å². The second kappa shape index (κ2) is 10.6. The first-order valence-electron chi connectivity index (χ1n) is 9.75. The lowest BCUT2D eigenvalue weighted by Gasteiger charge is -2.13. The van der Waals surface area contributed by atoms with Crippen LogP contribution in [0.5, 0.6) is 0 Å². The zero-order valence-corrected chi connectivity index (χ0v) is 15.9. The van der Waals surface area contributed by atoms with Crippen LogP contribution >= 0.6 is 0 Å². The molecule has 2 amide bonds. The number of nitrogens with one attached hydrogen (secondary N) is 3. The fourth-order valence-corrected chi connectivity index (χ4v) is 3.20. The lowest BCUT2D eigenvalue weighted by atomic mass is 10.1. The molecule has 1 aliphatic rings. The van der Waals surface area contributed by atoms with Crippen LogP contribution in [0, 0.1) is 0 Å². The van der Waals surface area contributed by atoms with Gasteiger partial charge >= 0.3 is 0 Å². The molecule has 1 unspecified atom stereocenters. The number of para-hydroxylation sites is 1.